The Morgan fingerprint density at radius 1 is 1.33 bits per heavy atom. The molecule has 5 heteroatoms. The first-order valence-electron chi connectivity index (χ1n) is 3.36. The zero-order valence-corrected chi connectivity index (χ0v) is 7.78. The van der Waals surface area contributed by atoms with E-state index in [0.29, 0.717) is 16.7 Å². The molecule has 0 spiro atoms. The maximum atomic E-state index is 5.84. The maximum Gasteiger partial charge on any atom is 0.0781 e. The Kier molecular flexibility index (Phi) is 3.62. The largest absolute Gasteiger partial charge is 0.370 e. The van der Waals surface area contributed by atoms with E-state index in [-0.39, 0.29) is 0 Å². The molecule has 0 radical (unpaired) electrons. The van der Waals surface area contributed by atoms with Gasteiger partial charge in [-0.15, -0.1) is 0 Å². The van der Waals surface area contributed by atoms with Gasteiger partial charge in [0, 0.05) is 5.02 Å². The van der Waals surface area contributed by atoms with Crippen molar-refractivity contribution in [2.24, 2.45) is 5.84 Å². The fraction of sp³-hybridized carbons (Fsp3) is 0.143. The molecule has 3 nitrogen and oxygen atoms in total. The van der Waals surface area contributed by atoms with Gasteiger partial charge < -0.3 is 5.32 Å². The Balaban J connectivity index is 2.75. The van der Waals surface area contributed by atoms with Crippen LogP contribution in [0.3, 0.4) is 0 Å². The van der Waals surface area contributed by atoms with Crippen LogP contribution in [0, 0.1) is 0 Å². The second-order valence-corrected chi connectivity index (χ2v) is 3.03. The summed E-state index contributed by atoms with van der Waals surface area (Å²) in [6.07, 6.45) is 0. The minimum absolute atomic E-state index is 0.445. The van der Waals surface area contributed by atoms with Crippen molar-refractivity contribution in [1.82, 2.24) is 5.43 Å². The third kappa shape index (κ3) is 2.53. The highest BCUT2D eigenvalue weighted by atomic mass is 35.5. The highest BCUT2D eigenvalue weighted by Crippen LogP contribution is 2.24. The lowest BCUT2D eigenvalue weighted by molar-refractivity contribution is 0.790. The topological polar surface area (TPSA) is 50.1 Å². The Bertz CT molecular complexity index is 265. The minimum Gasteiger partial charge on any atom is -0.370 e. The van der Waals surface area contributed by atoms with Gasteiger partial charge in [0.1, 0.15) is 0 Å². The van der Waals surface area contributed by atoms with Crippen molar-refractivity contribution >= 4 is 28.9 Å². The lowest BCUT2D eigenvalue weighted by Gasteiger charge is -2.07. The first-order valence-corrected chi connectivity index (χ1v) is 4.12. The van der Waals surface area contributed by atoms with Gasteiger partial charge in [-0.25, -0.2) is 5.43 Å². The van der Waals surface area contributed by atoms with Crippen LogP contribution in [0.25, 0.3) is 0 Å². The molecule has 12 heavy (non-hydrogen) atoms. The number of halogens is 2. The highest BCUT2D eigenvalue weighted by Gasteiger charge is 1.98. The molecular formula is C7H9Cl2N3. The summed E-state index contributed by atoms with van der Waals surface area (Å²) >= 11 is 11.6. The SMILES string of the molecule is NNCNc1cc(Cl)ccc1Cl. The molecule has 0 saturated carbocycles. The number of hydrogen-bond acceptors (Lipinski definition) is 3. The predicted octanol–water partition coefficient (Wildman–Crippen LogP) is 1.83. The molecule has 0 atom stereocenters. The summed E-state index contributed by atoms with van der Waals surface area (Å²) in [5.41, 5.74) is 3.22. The molecule has 1 rings (SSSR count). The van der Waals surface area contributed by atoms with E-state index in [1.807, 2.05) is 0 Å². The molecule has 0 unspecified atom stereocenters. The zero-order valence-electron chi connectivity index (χ0n) is 6.27. The van der Waals surface area contributed by atoms with E-state index < -0.39 is 0 Å². The van der Waals surface area contributed by atoms with Gasteiger partial charge in [-0.05, 0) is 18.2 Å². The summed E-state index contributed by atoms with van der Waals surface area (Å²) in [5.74, 6) is 5.08. The average molecular weight is 206 g/mol. The van der Waals surface area contributed by atoms with Crippen LogP contribution in [0.2, 0.25) is 10.0 Å². The standard InChI is InChI=1S/C7H9Cl2N3/c8-5-1-2-6(9)7(3-5)11-4-12-10/h1-3,11-12H,4,10H2. The van der Waals surface area contributed by atoms with Crippen LogP contribution in [0.1, 0.15) is 0 Å². The molecule has 0 aliphatic heterocycles. The van der Waals surface area contributed by atoms with Crippen LogP contribution >= 0.6 is 23.2 Å². The van der Waals surface area contributed by atoms with Gasteiger partial charge in [0.25, 0.3) is 0 Å². The van der Waals surface area contributed by atoms with Gasteiger partial charge in [-0.1, -0.05) is 23.2 Å². The van der Waals surface area contributed by atoms with Gasteiger partial charge in [0.05, 0.1) is 17.4 Å². The quantitative estimate of drug-likeness (QED) is 0.401. The van der Waals surface area contributed by atoms with Crippen molar-refractivity contribution in [2.45, 2.75) is 0 Å². The Morgan fingerprint density at radius 3 is 2.75 bits per heavy atom. The number of hydrogen-bond donors (Lipinski definition) is 3. The summed E-state index contributed by atoms with van der Waals surface area (Å²) in [5, 5.41) is 4.21. The lowest BCUT2D eigenvalue weighted by Crippen LogP contribution is -2.28. The van der Waals surface area contributed by atoms with E-state index >= 15 is 0 Å². The van der Waals surface area contributed by atoms with Gasteiger partial charge in [0.15, 0.2) is 0 Å². The van der Waals surface area contributed by atoms with Crippen molar-refractivity contribution in [3.63, 3.8) is 0 Å². The molecule has 0 aromatic heterocycles. The fourth-order valence-corrected chi connectivity index (χ4v) is 1.14. The van der Waals surface area contributed by atoms with Crippen LogP contribution < -0.4 is 16.6 Å². The average Bonchev–Trinajstić information content (AvgIpc) is 2.07. The predicted molar refractivity (Wildman–Crippen MR) is 52.3 cm³/mol. The molecule has 0 amide bonds. The molecule has 0 saturated heterocycles. The number of nitrogens with one attached hydrogen (secondary N) is 2. The van der Waals surface area contributed by atoms with Crippen LogP contribution in [-0.4, -0.2) is 6.67 Å². The highest BCUT2D eigenvalue weighted by molar-refractivity contribution is 6.35. The monoisotopic (exact) mass is 205 g/mol. The number of nitrogens with two attached hydrogens (primary N) is 1. The van der Waals surface area contributed by atoms with Crippen LogP contribution in [-0.2, 0) is 0 Å². The summed E-state index contributed by atoms with van der Waals surface area (Å²) < 4.78 is 0. The minimum atomic E-state index is 0.445. The van der Waals surface area contributed by atoms with Crippen molar-refractivity contribution in [3.05, 3.63) is 28.2 Å². The van der Waals surface area contributed by atoms with Gasteiger partial charge in [-0.2, -0.15) is 0 Å². The van der Waals surface area contributed by atoms with E-state index in [1.165, 1.54) is 0 Å². The van der Waals surface area contributed by atoms with Crippen molar-refractivity contribution in [3.8, 4) is 0 Å². The summed E-state index contributed by atoms with van der Waals surface area (Å²) in [6, 6.07) is 5.19. The number of anilines is 1. The lowest BCUT2D eigenvalue weighted by atomic mass is 10.3. The van der Waals surface area contributed by atoms with E-state index in [2.05, 4.69) is 10.7 Å². The first kappa shape index (κ1) is 9.61. The van der Waals surface area contributed by atoms with Gasteiger partial charge >= 0.3 is 0 Å². The second kappa shape index (κ2) is 4.52. The number of rotatable bonds is 3. The van der Waals surface area contributed by atoms with E-state index in [4.69, 9.17) is 29.0 Å². The van der Waals surface area contributed by atoms with Crippen LogP contribution in [0.15, 0.2) is 18.2 Å². The van der Waals surface area contributed by atoms with Crippen LogP contribution in [0.4, 0.5) is 5.69 Å². The Hall–Kier alpha value is -0.480. The zero-order chi connectivity index (χ0) is 8.97. The molecule has 1 aromatic rings. The number of hydrazine groups is 1. The summed E-state index contributed by atoms with van der Waals surface area (Å²) in [6.45, 7) is 0.445. The molecule has 0 aliphatic rings. The molecular weight excluding hydrogens is 197 g/mol. The van der Waals surface area contributed by atoms with Crippen molar-refractivity contribution < 1.29 is 0 Å². The molecule has 0 heterocycles. The van der Waals surface area contributed by atoms with Crippen molar-refractivity contribution in [2.75, 3.05) is 12.0 Å². The summed E-state index contributed by atoms with van der Waals surface area (Å²) in [4.78, 5) is 0. The van der Waals surface area contributed by atoms with Crippen LogP contribution in [0.5, 0.6) is 0 Å². The maximum absolute atomic E-state index is 5.84. The number of benzene rings is 1. The molecule has 0 aliphatic carbocycles. The van der Waals surface area contributed by atoms with E-state index in [9.17, 15) is 0 Å². The fourth-order valence-electron chi connectivity index (χ4n) is 0.779. The summed E-state index contributed by atoms with van der Waals surface area (Å²) in [7, 11) is 0. The van der Waals surface area contributed by atoms with E-state index in [0.717, 1.165) is 5.69 Å². The second-order valence-electron chi connectivity index (χ2n) is 2.18. The van der Waals surface area contributed by atoms with Gasteiger partial charge in [0.2, 0.25) is 0 Å². The molecule has 1 aromatic carbocycles. The third-order valence-electron chi connectivity index (χ3n) is 1.31. The third-order valence-corrected chi connectivity index (χ3v) is 1.87. The Labute approximate surface area is 80.8 Å². The smallest absolute Gasteiger partial charge is 0.0781 e. The molecule has 4 N–H and O–H groups in total. The Morgan fingerprint density at radius 2 is 2.08 bits per heavy atom. The first-order chi connectivity index (χ1) is 5.74. The van der Waals surface area contributed by atoms with E-state index in [1.54, 1.807) is 18.2 Å². The normalized spacial score (nSPS) is 9.92. The molecule has 66 valence electrons. The molecule has 0 fully saturated rings. The van der Waals surface area contributed by atoms with Gasteiger partial charge in [-0.3, -0.25) is 5.84 Å². The van der Waals surface area contributed by atoms with Crippen molar-refractivity contribution in [1.29, 1.82) is 0 Å². The molecule has 0 bridgehead atoms.